The van der Waals surface area contributed by atoms with E-state index in [-0.39, 0.29) is 12.3 Å². The van der Waals surface area contributed by atoms with Crippen molar-refractivity contribution in [3.8, 4) is 5.75 Å². The third-order valence-corrected chi connectivity index (χ3v) is 2.16. The molecule has 0 aliphatic heterocycles. The van der Waals surface area contributed by atoms with Crippen molar-refractivity contribution < 1.29 is 4.74 Å². The SMILES string of the molecule is CNC(NC)c1ccc(OC(C)C)cc1. The topological polar surface area (TPSA) is 33.3 Å². The van der Waals surface area contributed by atoms with Crippen LogP contribution in [0.2, 0.25) is 0 Å². The molecule has 0 aromatic heterocycles. The van der Waals surface area contributed by atoms with E-state index in [4.69, 9.17) is 4.74 Å². The van der Waals surface area contributed by atoms with E-state index >= 15 is 0 Å². The van der Waals surface area contributed by atoms with Crippen LogP contribution in [0.25, 0.3) is 0 Å². The summed E-state index contributed by atoms with van der Waals surface area (Å²) < 4.78 is 5.58. The van der Waals surface area contributed by atoms with Crippen LogP contribution >= 0.6 is 0 Å². The Kier molecular flexibility index (Phi) is 4.59. The van der Waals surface area contributed by atoms with Gasteiger partial charge in [-0.2, -0.15) is 0 Å². The normalized spacial score (nSPS) is 11.1. The Morgan fingerprint density at radius 2 is 1.53 bits per heavy atom. The Morgan fingerprint density at radius 1 is 1.00 bits per heavy atom. The maximum atomic E-state index is 5.58. The lowest BCUT2D eigenvalue weighted by molar-refractivity contribution is 0.242. The van der Waals surface area contributed by atoms with Gasteiger partial charge >= 0.3 is 0 Å². The summed E-state index contributed by atoms with van der Waals surface area (Å²) in [5.41, 5.74) is 1.20. The molecule has 1 rings (SSSR count). The molecule has 1 aromatic rings. The fourth-order valence-electron chi connectivity index (χ4n) is 1.49. The van der Waals surface area contributed by atoms with Crippen molar-refractivity contribution in [3.63, 3.8) is 0 Å². The van der Waals surface area contributed by atoms with Crippen molar-refractivity contribution in [3.05, 3.63) is 29.8 Å². The van der Waals surface area contributed by atoms with Gasteiger partial charge in [0.15, 0.2) is 0 Å². The average molecular weight is 208 g/mol. The molecule has 0 amide bonds. The fourth-order valence-corrected chi connectivity index (χ4v) is 1.49. The third kappa shape index (κ3) is 3.53. The van der Waals surface area contributed by atoms with Crippen LogP contribution in [-0.2, 0) is 0 Å². The highest BCUT2D eigenvalue weighted by Gasteiger charge is 2.05. The van der Waals surface area contributed by atoms with E-state index in [9.17, 15) is 0 Å². The maximum Gasteiger partial charge on any atom is 0.119 e. The molecule has 0 spiro atoms. The number of hydrogen-bond acceptors (Lipinski definition) is 3. The Balaban J connectivity index is 2.71. The molecule has 1 aromatic carbocycles. The van der Waals surface area contributed by atoms with Gasteiger partial charge in [0.2, 0.25) is 0 Å². The van der Waals surface area contributed by atoms with Crippen LogP contribution in [0.5, 0.6) is 5.75 Å². The monoisotopic (exact) mass is 208 g/mol. The van der Waals surface area contributed by atoms with E-state index < -0.39 is 0 Å². The highest BCUT2D eigenvalue weighted by Crippen LogP contribution is 2.16. The first-order valence-electron chi connectivity index (χ1n) is 5.28. The molecule has 15 heavy (non-hydrogen) atoms. The summed E-state index contributed by atoms with van der Waals surface area (Å²) in [5, 5.41) is 6.35. The van der Waals surface area contributed by atoms with Crippen LogP contribution < -0.4 is 15.4 Å². The Morgan fingerprint density at radius 3 is 1.93 bits per heavy atom. The van der Waals surface area contributed by atoms with Gasteiger partial charge in [-0.15, -0.1) is 0 Å². The Hall–Kier alpha value is -1.06. The van der Waals surface area contributed by atoms with Crippen LogP contribution in [0.4, 0.5) is 0 Å². The molecule has 0 atom stereocenters. The zero-order valence-corrected chi connectivity index (χ0v) is 9.87. The zero-order chi connectivity index (χ0) is 11.3. The number of benzene rings is 1. The second-order valence-corrected chi connectivity index (χ2v) is 3.75. The van der Waals surface area contributed by atoms with Crippen molar-refractivity contribution >= 4 is 0 Å². The van der Waals surface area contributed by atoms with Gasteiger partial charge in [-0.1, -0.05) is 12.1 Å². The Bertz CT molecular complexity index is 278. The first-order valence-corrected chi connectivity index (χ1v) is 5.28. The van der Waals surface area contributed by atoms with Gasteiger partial charge < -0.3 is 15.4 Å². The van der Waals surface area contributed by atoms with Crippen molar-refractivity contribution in [2.75, 3.05) is 14.1 Å². The first-order chi connectivity index (χ1) is 7.17. The second kappa shape index (κ2) is 5.73. The highest BCUT2D eigenvalue weighted by molar-refractivity contribution is 5.29. The molecule has 2 N–H and O–H groups in total. The van der Waals surface area contributed by atoms with E-state index in [1.54, 1.807) is 0 Å². The van der Waals surface area contributed by atoms with E-state index in [1.165, 1.54) is 5.56 Å². The van der Waals surface area contributed by atoms with Gasteiger partial charge in [-0.3, -0.25) is 0 Å². The van der Waals surface area contributed by atoms with E-state index in [0.717, 1.165) is 5.75 Å². The van der Waals surface area contributed by atoms with E-state index in [0.29, 0.717) is 0 Å². The number of rotatable bonds is 5. The lowest BCUT2D eigenvalue weighted by atomic mass is 10.1. The smallest absolute Gasteiger partial charge is 0.119 e. The number of nitrogens with one attached hydrogen (secondary N) is 2. The minimum atomic E-state index is 0.193. The van der Waals surface area contributed by atoms with Gasteiger partial charge in [0.1, 0.15) is 5.75 Å². The molecule has 3 nitrogen and oxygen atoms in total. The Labute approximate surface area is 91.8 Å². The summed E-state index contributed by atoms with van der Waals surface area (Å²) in [4.78, 5) is 0. The third-order valence-electron chi connectivity index (χ3n) is 2.16. The second-order valence-electron chi connectivity index (χ2n) is 3.75. The number of ether oxygens (including phenoxy) is 1. The molecule has 0 saturated heterocycles. The summed E-state index contributed by atoms with van der Waals surface area (Å²) in [6, 6.07) is 8.12. The standard InChI is InChI=1S/C12H20N2O/c1-9(2)15-11-7-5-10(6-8-11)12(13-3)14-4/h5-9,12-14H,1-4H3. The van der Waals surface area contributed by atoms with Gasteiger partial charge in [-0.05, 0) is 45.6 Å². The molecule has 3 heteroatoms. The zero-order valence-electron chi connectivity index (χ0n) is 9.87. The predicted octanol–water partition coefficient (Wildman–Crippen LogP) is 1.91. The van der Waals surface area contributed by atoms with Crippen molar-refractivity contribution in [2.24, 2.45) is 0 Å². The van der Waals surface area contributed by atoms with Gasteiger partial charge in [0.25, 0.3) is 0 Å². The predicted molar refractivity (Wildman–Crippen MR) is 63.1 cm³/mol. The van der Waals surface area contributed by atoms with Crippen LogP contribution in [0.3, 0.4) is 0 Å². The van der Waals surface area contributed by atoms with Gasteiger partial charge in [0, 0.05) is 0 Å². The summed E-state index contributed by atoms with van der Waals surface area (Å²) in [6.45, 7) is 4.05. The van der Waals surface area contributed by atoms with Gasteiger partial charge in [-0.25, -0.2) is 0 Å². The quantitative estimate of drug-likeness (QED) is 0.725. The molecule has 0 radical (unpaired) electrons. The maximum absolute atomic E-state index is 5.58. The fraction of sp³-hybridized carbons (Fsp3) is 0.500. The molecular formula is C12H20N2O. The summed E-state index contributed by atoms with van der Waals surface area (Å²) in [7, 11) is 3.86. The molecular weight excluding hydrogens is 188 g/mol. The first kappa shape index (κ1) is 12.0. The largest absolute Gasteiger partial charge is 0.491 e. The molecule has 0 saturated carbocycles. The minimum Gasteiger partial charge on any atom is -0.491 e. The lowest BCUT2D eigenvalue weighted by Crippen LogP contribution is -2.28. The van der Waals surface area contributed by atoms with Crippen molar-refractivity contribution in [1.29, 1.82) is 0 Å². The summed E-state index contributed by atoms with van der Waals surface area (Å²) in [6.07, 6.45) is 0.415. The molecule has 0 aliphatic rings. The molecule has 0 bridgehead atoms. The molecule has 84 valence electrons. The van der Waals surface area contributed by atoms with E-state index in [1.807, 2.05) is 40.1 Å². The van der Waals surface area contributed by atoms with Crippen LogP contribution in [0.15, 0.2) is 24.3 Å². The van der Waals surface area contributed by atoms with Crippen molar-refractivity contribution in [1.82, 2.24) is 10.6 Å². The van der Waals surface area contributed by atoms with Crippen LogP contribution in [0, 0.1) is 0 Å². The summed E-state index contributed by atoms with van der Waals surface area (Å²) >= 11 is 0. The van der Waals surface area contributed by atoms with E-state index in [2.05, 4.69) is 22.8 Å². The minimum absolute atomic E-state index is 0.193. The van der Waals surface area contributed by atoms with Gasteiger partial charge in [0.05, 0.1) is 12.3 Å². The lowest BCUT2D eigenvalue weighted by Gasteiger charge is -2.16. The molecule has 0 heterocycles. The van der Waals surface area contributed by atoms with Crippen LogP contribution in [-0.4, -0.2) is 20.2 Å². The highest BCUT2D eigenvalue weighted by atomic mass is 16.5. The molecule has 0 unspecified atom stereocenters. The molecule has 0 fully saturated rings. The van der Waals surface area contributed by atoms with Crippen molar-refractivity contribution in [2.45, 2.75) is 26.1 Å². The van der Waals surface area contributed by atoms with Crippen LogP contribution in [0.1, 0.15) is 25.6 Å². The average Bonchev–Trinajstić information content (AvgIpc) is 2.21. The molecule has 0 aliphatic carbocycles. The summed E-state index contributed by atoms with van der Waals surface area (Å²) in [5.74, 6) is 0.916. The number of hydrogen-bond donors (Lipinski definition) is 2.